The minimum Gasteiger partial charge on any atom is -0.495 e. The Bertz CT molecular complexity index is 958. The number of sulfone groups is 1. The quantitative estimate of drug-likeness (QED) is 0.496. The Morgan fingerprint density at radius 1 is 1.46 bits per heavy atom. The Morgan fingerprint density at radius 3 is 2.73 bits per heavy atom. The topological polar surface area (TPSA) is 131 Å². The van der Waals surface area contributed by atoms with E-state index in [1.165, 1.54) is 0 Å². The van der Waals surface area contributed by atoms with Crippen molar-refractivity contribution in [2.75, 3.05) is 12.4 Å². The molecule has 0 saturated heterocycles. The first-order valence-electron chi connectivity index (χ1n) is 8.35. The fraction of sp³-hybridized carbons (Fsp3) is 0.471. The molecule has 9 heteroatoms. The van der Waals surface area contributed by atoms with Crippen molar-refractivity contribution in [2.45, 2.75) is 36.8 Å². The van der Waals surface area contributed by atoms with E-state index in [0.29, 0.717) is 22.5 Å². The van der Waals surface area contributed by atoms with Gasteiger partial charge in [0.05, 0.1) is 24.5 Å². The van der Waals surface area contributed by atoms with E-state index in [1.54, 1.807) is 45.5 Å². The third-order valence-corrected chi connectivity index (χ3v) is 7.88. The van der Waals surface area contributed by atoms with Crippen LogP contribution in [0.3, 0.4) is 0 Å². The number of rotatable bonds is 7. The van der Waals surface area contributed by atoms with Gasteiger partial charge in [0.2, 0.25) is 0 Å². The SMILES string of the molecule is COc1cnc2c(NC(C)S(=O)(=O)[C@](C)(C(=N)N)C3CC3)ccnc2c1. The van der Waals surface area contributed by atoms with Gasteiger partial charge in [0.15, 0.2) is 9.84 Å². The van der Waals surface area contributed by atoms with E-state index in [-0.39, 0.29) is 11.8 Å². The zero-order valence-corrected chi connectivity index (χ0v) is 15.8. The zero-order valence-electron chi connectivity index (χ0n) is 15.0. The van der Waals surface area contributed by atoms with Crippen LogP contribution in [0, 0.1) is 11.3 Å². The molecule has 4 N–H and O–H groups in total. The molecule has 0 spiro atoms. The Kier molecular flexibility index (Phi) is 4.51. The maximum absolute atomic E-state index is 13.2. The molecule has 0 radical (unpaired) electrons. The molecule has 1 unspecified atom stereocenters. The first kappa shape index (κ1) is 18.4. The molecule has 2 aromatic rings. The van der Waals surface area contributed by atoms with E-state index < -0.39 is 20.0 Å². The maximum Gasteiger partial charge on any atom is 0.183 e. The molecule has 0 amide bonds. The average Bonchev–Trinajstić information content (AvgIpc) is 3.45. The largest absolute Gasteiger partial charge is 0.495 e. The van der Waals surface area contributed by atoms with Crippen LogP contribution in [0.1, 0.15) is 26.7 Å². The fourth-order valence-electron chi connectivity index (χ4n) is 3.14. The number of aromatic nitrogens is 2. The van der Waals surface area contributed by atoms with Crippen LogP contribution in [-0.4, -0.2) is 41.5 Å². The number of anilines is 1. The molecule has 2 aromatic heterocycles. The number of nitrogens with two attached hydrogens (primary N) is 1. The first-order chi connectivity index (χ1) is 12.2. The number of fused-ring (bicyclic) bond motifs is 1. The van der Waals surface area contributed by atoms with Crippen LogP contribution in [0.15, 0.2) is 24.5 Å². The van der Waals surface area contributed by atoms with Crippen molar-refractivity contribution in [3.63, 3.8) is 0 Å². The molecule has 26 heavy (non-hydrogen) atoms. The normalized spacial score (nSPS) is 18.1. The minimum atomic E-state index is -3.75. The van der Waals surface area contributed by atoms with Crippen molar-refractivity contribution >= 4 is 32.4 Å². The van der Waals surface area contributed by atoms with E-state index in [9.17, 15) is 8.42 Å². The van der Waals surface area contributed by atoms with Crippen LogP contribution in [0.5, 0.6) is 5.75 Å². The highest BCUT2D eigenvalue weighted by molar-refractivity contribution is 7.94. The molecule has 1 aliphatic rings. The Labute approximate surface area is 152 Å². The lowest BCUT2D eigenvalue weighted by Crippen LogP contribution is -2.54. The summed E-state index contributed by atoms with van der Waals surface area (Å²) < 4.78 is 30.1. The number of pyridine rings is 2. The number of nitrogens with one attached hydrogen (secondary N) is 2. The summed E-state index contributed by atoms with van der Waals surface area (Å²) in [5.41, 5.74) is 7.38. The number of ether oxygens (including phenoxy) is 1. The van der Waals surface area contributed by atoms with E-state index in [2.05, 4.69) is 15.3 Å². The van der Waals surface area contributed by atoms with Gasteiger partial charge in [-0.15, -0.1) is 0 Å². The number of hydrogen-bond donors (Lipinski definition) is 3. The lowest BCUT2D eigenvalue weighted by molar-refractivity contribution is 0.413. The summed E-state index contributed by atoms with van der Waals surface area (Å²) in [6, 6.07) is 3.41. The molecule has 0 aliphatic heterocycles. The van der Waals surface area contributed by atoms with Crippen molar-refractivity contribution in [2.24, 2.45) is 11.7 Å². The molecular weight excluding hydrogens is 354 g/mol. The Balaban J connectivity index is 1.96. The van der Waals surface area contributed by atoms with Crippen LogP contribution in [0.4, 0.5) is 5.69 Å². The number of hydrogen-bond acceptors (Lipinski definition) is 7. The van der Waals surface area contributed by atoms with E-state index in [0.717, 1.165) is 12.8 Å². The molecular formula is C17H23N5O3S. The summed E-state index contributed by atoms with van der Waals surface area (Å²) in [6.07, 6.45) is 4.66. The number of amidine groups is 1. The van der Waals surface area contributed by atoms with E-state index in [4.69, 9.17) is 15.9 Å². The van der Waals surface area contributed by atoms with Gasteiger partial charge in [0.1, 0.15) is 27.2 Å². The summed E-state index contributed by atoms with van der Waals surface area (Å²) in [4.78, 5) is 8.57. The number of methoxy groups -OCH3 is 1. The highest BCUT2D eigenvalue weighted by Gasteiger charge is 2.55. The van der Waals surface area contributed by atoms with Gasteiger partial charge < -0.3 is 15.8 Å². The average molecular weight is 377 g/mol. The van der Waals surface area contributed by atoms with Gasteiger partial charge in [-0.1, -0.05) is 0 Å². The summed E-state index contributed by atoms with van der Waals surface area (Å²) >= 11 is 0. The van der Waals surface area contributed by atoms with Crippen LogP contribution in [0.25, 0.3) is 11.0 Å². The molecule has 1 fully saturated rings. The van der Waals surface area contributed by atoms with Gasteiger partial charge in [0, 0.05) is 12.3 Å². The third kappa shape index (κ3) is 2.86. The van der Waals surface area contributed by atoms with Crippen molar-refractivity contribution in [1.82, 2.24) is 9.97 Å². The van der Waals surface area contributed by atoms with Gasteiger partial charge >= 0.3 is 0 Å². The molecule has 1 saturated carbocycles. The summed E-state index contributed by atoms with van der Waals surface area (Å²) in [7, 11) is -2.21. The highest BCUT2D eigenvalue weighted by Crippen LogP contribution is 2.45. The van der Waals surface area contributed by atoms with Crippen molar-refractivity contribution in [1.29, 1.82) is 5.41 Å². The van der Waals surface area contributed by atoms with Crippen LogP contribution < -0.4 is 15.8 Å². The molecule has 0 bridgehead atoms. The molecule has 3 rings (SSSR count). The van der Waals surface area contributed by atoms with Crippen LogP contribution in [0.2, 0.25) is 0 Å². The number of nitrogens with zero attached hydrogens (tertiary/aromatic N) is 2. The molecule has 8 nitrogen and oxygen atoms in total. The second-order valence-corrected chi connectivity index (χ2v) is 9.37. The minimum absolute atomic E-state index is 0.106. The summed E-state index contributed by atoms with van der Waals surface area (Å²) in [5.74, 6) is 0.155. The smallest absolute Gasteiger partial charge is 0.183 e. The molecule has 2 atom stereocenters. The lowest BCUT2D eigenvalue weighted by atomic mass is 10.0. The van der Waals surface area contributed by atoms with Crippen molar-refractivity contribution in [3.8, 4) is 5.75 Å². The van der Waals surface area contributed by atoms with Crippen LogP contribution in [-0.2, 0) is 9.84 Å². The molecule has 1 aliphatic carbocycles. The fourth-order valence-corrected chi connectivity index (χ4v) is 5.17. The summed E-state index contributed by atoms with van der Waals surface area (Å²) in [6.45, 7) is 3.11. The zero-order chi connectivity index (χ0) is 19.1. The van der Waals surface area contributed by atoms with Crippen LogP contribution >= 0.6 is 0 Å². The highest BCUT2D eigenvalue weighted by atomic mass is 32.2. The van der Waals surface area contributed by atoms with Gasteiger partial charge in [-0.3, -0.25) is 10.4 Å². The molecule has 140 valence electrons. The standard InChI is InChI=1S/C17H23N5O3S/c1-10(26(23,24)17(2,16(18)19)11-4-5-11)22-13-6-7-20-14-8-12(25-3)9-21-15(13)14/h6-11H,4-5H2,1-3H3,(H3,18,19)(H,20,22)/t10?,17-/m0/s1. The van der Waals surface area contributed by atoms with Crippen molar-refractivity contribution in [3.05, 3.63) is 24.5 Å². The van der Waals surface area contributed by atoms with E-state index >= 15 is 0 Å². The molecule has 2 heterocycles. The second kappa shape index (κ2) is 6.39. The predicted octanol–water partition coefficient (Wildman–Crippen LogP) is 1.92. The van der Waals surface area contributed by atoms with Gasteiger partial charge in [0.25, 0.3) is 0 Å². The predicted molar refractivity (Wildman–Crippen MR) is 101 cm³/mol. The van der Waals surface area contributed by atoms with Gasteiger partial charge in [-0.05, 0) is 38.7 Å². The first-order valence-corrected chi connectivity index (χ1v) is 9.89. The second-order valence-electron chi connectivity index (χ2n) is 6.73. The van der Waals surface area contributed by atoms with Gasteiger partial charge in [-0.25, -0.2) is 13.4 Å². The maximum atomic E-state index is 13.2. The van der Waals surface area contributed by atoms with Gasteiger partial charge in [-0.2, -0.15) is 0 Å². The monoisotopic (exact) mass is 377 g/mol. The van der Waals surface area contributed by atoms with E-state index in [1.807, 2.05) is 0 Å². The third-order valence-electron chi connectivity index (χ3n) is 5.09. The molecule has 0 aromatic carbocycles. The Hall–Kier alpha value is -2.42. The van der Waals surface area contributed by atoms with Crippen molar-refractivity contribution < 1.29 is 13.2 Å². The summed E-state index contributed by atoms with van der Waals surface area (Å²) in [5, 5.41) is 9.94. The Morgan fingerprint density at radius 2 is 2.15 bits per heavy atom. The lowest BCUT2D eigenvalue weighted by Gasteiger charge is -2.32.